The van der Waals surface area contributed by atoms with Gasteiger partial charge < -0.3 is 19.9 Å². The van der Waals surface area contributed by atoms with Crippen LogP contribution in [0.15, 0.2) is 42.6 Å². The van der Waals surface area contributed by atoms with Crippen LogP contribution < -0.4 is 15.0 Å². The third-order valence-corrected chi connectivity index (χ3v) is 4.50. The van der Waals surface area contributed by atoms with Crippen molar-refractivity contribution < 1.29 is 9.53 Å². The standard InChI is InChI=1S/C21H25N5O2/c1-16(2)28-19-5-3-17(4-6-19)15-24-21(27)26-11-9-25(10-12-26)20-13-18(14-22)7-8-23-20/h3-8,13,16H,9-12,15H2,1-2H3,(H,24,27). The Balaban J connectivity index is 1.47. The average Bonchev–Trinajstić information content (AvgIpc) is 2.73. The lowest BCUT2D eigenvalue weighted by Crippen LogP contribution is -2.51. The number of anilines is 1. The van der Waals surface area contributed by atoms with Crippen molar-refractivity contribution in [2.45, 2.75) is 26.5 Å². The highest BCUT2D eigenvalue weighted by molar-refractivity contribution is 5.74. The van der Waals surface area contributed by atoms with Gasteiger partial charge in [-0.05, 0) is 43.7 Å². The number of hydrogen-bond donors (Lipinski definition) is 1. The summed E-state index contributed by atoms with van der Waals surface area (Å²) in [5.41, 5.74) is 1.62. The van der Waals surface area contributed by atoms with Crippen molar-refractivity contribution in [1.29, 1.82) is 5.26 Å². The maximum absolute atomic E-state index is 12.4. The zero-order valence-electron chi connectivity index (χ0n) is 16.3. The molecule has 28 heavy (non-hydrogen) atoms. The minimum atomic E-state index is -0.0686. The Morgan fingerprint density at radius 1 is 1.21 bits per heavy atom. The molecule has 1 saturated heterocycles. The first-order chi connectivity index (χ1) is 13.5. The summed E-state index contributed by atoms with van der Waals surface area (Å²) in [6, 6.07) is 13.3. The molecule has 1 aliphatic heterocycles. The molecular weight excluding hydrogens is 354 g/mol. The van der Waals surface area contributed by atoms with E-state index in [2.05, 4.69) is 21.3 Å². The van der Waals surface area contributed by atoms with Gasteiger partial charge in [0.25, 0.3) is 0 Å². The number of carbonyl (C=O) groups is 1. The third kappa shape index (κ3) is 5.13. The van der Waals surface area contributed by atoms with Crippen LogP contribution in [0.4, 0.5) is 10.6 Å². The highest BCUT2D eigenvalue weighted by Crippen LogP contribution is 2.16. The lowest BCUT2D eigenvalue weighted by atomic mass is 10.2. The van der Waals surface area contributed by atoms with Gasteiger partial charge in [-0.25, -0.2) is 9.78 Å². The topological polar surface area (TPSA) is 81.5 Å². The molecule has 2 amide bonds. The Hall–Kier alpha value is -3.27. The van der Waals surface area contributed by atoms with Crippen molar-refractivity contribution in [1.82, 2.24) is 15.2 Å². The Bertz CT molecular complexity index is 837. The Morgan fingerprint density at radius 2 is 1.93 bits per heavy atom. The fraction of sp³-hybridized carbons (Fsp3) is 0.381. The van der Waals surface area contributed by atoms with Gasteiger partial charge in [0, 0.05) is 38.9 Å². The number of amides is 2. The molecular formula is C21H25N5O2. The van der Waals surface area contributed by atoms with Crippen molar-refractivity contribution in [2.75, 3.05) is 31.1 Å². The van der Waals surface area contributed by atoms with Crippen LogP contribution in [0.1, 0.15) is 25.0 Å². The van der Waals surface area contributed by atoms with Crippen LogP contribution in [0.25, 0.3) is 0 Å². The van der Waals surface area contributed by atoms with E-state index in [1.807, 2.05) is 38.1 Å². The number of ether oxygens (including phenoxy) is 1. The molecule has 1 fully saturated rings. The molecule has 7 nitrogen and oxygen atoms in total. The number of rotatable bonds is 5. The first-order valence-corrected chi connectivity index (χ1v) is 9.44. The number of aromatic nitrogens is 1. The Morgan fingerprint density at radius 3 is 2.57 bits per heavy atom. The normalized spacial score (nSPS) is 13.9. The molecule has 0 spiro atoms. The summed E-state index contributed by atoms with van der Waals surface area (Å²) >= 11 is 0. The molecule has 1 aliphatic rings. The van der Waals surface area contributed by atoms with Crippen molar-refractivity contribution in [3.8, 4) is 11.8 Å². The summed E-state index contributed by atoms with van der Waals surface area (Å²) in [4.78, 5) is 20.7. The number of carbonyl (C=O) groups excluding carboxylic acids is 1. The highest BCUT2D eigenvalue weighted by atomic mass is 16.5. The fourth-order valence-corrected chi connectivity index (χ4v) is 3.05. The second-order valence-corrected chi connectivity index (χ2v) is 6.96. The molecule has 0 radical (unpaired) electrons. The SMILES string of the molecule is CC(C)Oc1ccc(CNC(=O)N2CCN(c3cc(C#N)ccn3)CC2)cc1. The monoisotopic (exact) mass is 379 g/mol. The molecule has 3 rings (SSSR count). The van der Waals surface area contributed by atoms with Gasteiger partial charge in [-0.3, -0.25) is 0 Å². The maximum atomic E-state index is 12.4. The average molecular weight is 379 g/mol. The number of nitrogens with one attached hydrogen (secondary N) is 1. The second-order valence-electron chi connectivity index (χ2n) is 6.96. The molecule has 0 aliphatic carbocycles. The summed E-state index contributed by atoms with van der Waals surface area (Å²) in [6.07, 6.45) is 1.78. The highest BCUT2D eigenvalue weighted by Gasteiger charge is 2.21. The van der Waals surface area contributed by atoms with E-state index in [0.29, 0.717) is 38.3 Å². The second kappa shape index (κ2) is 9.09. The van der Waals surface area contributed by atoms with Crippen molar-refractivity contribution in [2.24, 2.45) is 0 Å². The first kappa shape index (κ1) is 19.5. The molecule has 0 unspecified atom stereocenters. The van der Waals surface area contributed by atoms with Gasteiger partial charge in [-0.15, -0.1) is 0 Å². The van der Waals surface area contributed by atoms with Gasteiger partial charge in [0.2, 0.25) is 0 Å². The van der Waals surface area contributed by atoms with Crippen LogP contribution in [0.3, 0.4) is 0 Å². The number of pyridine rings is 1. The molecule has 146 valence electrons. The fourth-order valence-electron chi connectivity index (χ4n) is 3.05. The van der Waals surface area contributed by atoms with Crippen LogP contribution in [-0.2, 0) is 6.54 Å². The number of nitrogens with zero attached hydrogens (tertiary/aromatic N) is 4. The quantitative estimate of drug-likeness (QED) is 0.864. The molecule has 1 aromatic carbocycles. The van der Waals surface area contributed by atoms with E-state index in [-0.39, 0.29) is 12.1 Å². The van der Waals surface area contributed by atoms with E-state index in [4.69, 9.17) is 10.00 Å². The molecule has 7 heteroatoms. The zero-order valence-corrected chi connectivity index (χ0v) is 16.3. The van der Waals surface area contributed by atoms with Crippen molar-refractivity contribution in [3.05, 3.63) is 53.7 Å². The molecule has 0 bridgehead atoms. The molecule has 2 aromatic rings. The first-order valence-electron chi connectivity index (χ1n) is 9.44. The smallest absolute Gasteiger partial charge is 0.317 e. The maximum Gasteiger partial charge on any atom is 0.317 e. The molecule has 1 N–H and O–H groups in total. The Kier molecular flexibility index (Phi) is 6.33. The van der Waals surface area contributed by atoms with E-state index in [0.717, 1.165) is 17.1 Å². The summed E-state index contributed by atoms with van der Waals surface area (Å²) in [6.45, 7) is 7.07. The summed E-state index contributed by atoms with van der Waals surface area (Å²) in [5.74, 6) is 1.61. The number of hydrogen-bond acceptors (Lipinski definition) is 5. The van der Waals surface area contributed by atoms with Gasteiger partial charge in [-0.2, -0.15) is 5.26 Å². The van der Waals surface area contributed by atoms with Gasteiger partial charge in [0.15, 0.2) is 0 Å². The number of benzene rings is 1. The van der Waals surface area contributed by atoms with Crippen LogP contribution in [0.2, 0.25) is 0 Å². The van der Waals surface area contributed by atoms with E-state index < -0.39 is 0 Å². The minimum absolute atomic E-state index is 0.0686. The number of urea groups is 1. The molecule has 1 aromatic heterocycles. The summed E-state index contributed by atoms with van der Waals surface area (Å²) in [5, 5.41) is 12.0. The summed E-state index contributed by atoms with van der Waals surface area (Å²) < 4.78 is 5.63. The van der Waals surface area contributed by atoms with Gasteiger partial charge in [0.1, 0.15) is 11.6 Å². The van der Waals surface area contributed by atoms with Gasteiger partial charge in [0.05, 0.1) is 17.7 Å². The number of piperazine rings is 1. The predicted octanol–water partition coefficient (Wildman–Crippen LogP) is 2.77. The summed E-state index contributed by atoms with van der Waals surface area (Å²) in [7, 11) is 0. The molecule has 0 saturated carbocycles. The minimum Gasteiger partial charge on any atom is -0.491 e. The largest absolute Gasteiger partial charge is 0.491 e. The van der Waals surface area contributed by atoms with Crippen LogP contribution in [0, 0.1) is 11.3 Å². The zero-order chi connectivity index (χ0) is 19.9. The lowest BCUT2D eigenvalue weighted by molar-refractivity contribution is 0.194. The molecule has 2 heterocycles. The van der Waals surface area contributed by atoms with E-state index in [1.54, 1.807) is 23.2 Å². The number of nitriles is 1. The molecule has 0 atom stereocenters. The van der Waals surface area contributed by atoms with Crippen LogP contribution in [0.5, 0.6) is 5.75 Å². The van der Waals surface area contributed by atoms with Crippen LogP contribution >= 0.6 is 0 Å². The van der Waals surface area contributed by atoms with Crippen LogP contribution in [-0.4, -0.2) is 48.2 Å². The van der Waals surface area contributed by atoms with E-state index in [9.17, 15) is 4.79 Å². The van der Waals surface area contributed by atoms with Gasteiger partial charge >= 0.3 is 6.03 Å². The van der Waals surface area contributed by atoms with Crippen molar-refractivity contribution >= 4 is 11.8 Å². The van der Waals surface area contributed by atoms with E-state index in [1.165, 1.54) is 0 Å². The lowest BCUT2D eigenvalue weighted by Gasteiger charge is -2.35. The predicted molar refractivity (Wildman–Crippen MR) is 107 cm³/mol. The van der Waals surface area contributed by atoms with Crippen molar-refractivity contribution in [3.63, 3.8) is 0 Å². The van der Waals surface area contributed by atoms with E-state index >= 15 is 0 Å². The van der Waals surface area contributed by atoms with Gasteiger partial charge in [-0.1, -0.05) is 12.1 Å². The third-order valence-electron chi connectivity index (χ3n) is 4.50. The Labute approximate surface area is 165 Å².